The van der Waals surface area contributed by atoms with Gasteiger partial charge in [-0.25, -0.2) is 0 Å². The molecule has 1 aromatic carbocycles. The van der Waals surface area contributed by atoms with Crippen molar-refractivity contribution < 1.29 is 19.3 Å². The van der Waals surface area contributed by atoms with Crippen LogP contribution >= 0.6 is 0 Å². The van der Waals surface area contributed by atoms with Gasteiger partial charge in [-0.2, -0.15) is 0 Å². The minimum absolute atomic E-state index is 0.0499. The number of carbonyl (C=O) groups excluding carboxylic acids is 3. The predicted molar refractivity (Wildman–Crippen MR) is 109 cm³/mol. The Hall–Kier alpha value is -2.21. The number of quaternary nitrogens is 1. The smallest absolute Gasteiger partial charge is 0.288 e. The number of benzene rings is 1. The largest absolute Gasteiger partial charge is 0.342 e. The average Bonchev–Trinajstić information content (AvgIpc) is 2.95. The molecule has 0 radical (unpaired) electrons. The van der Waals surface area contributed by atoms with Gasteiger partial charge in [-0.05, 0) is 18.4 Å². The molecule has 6 nitrogen and oxygen atoms in total. The van der Waals surface area contributed by atoms with E-state index in [9.17, 15) is 14.4 Å². The molecule has 3 aliphatic heterocycles. The fourth-order valence-corrected chi connectivity index (χ4v) is 5.07. The lowest BCUT2D eigenvalue weighted by Crippen LogP contribution is -3.17. The Kier molecular flexibility index (Phi) is 6.28. The first-order valence-corrected chi connectivity index (χ1v) is 11.1. The number of rotatable bonds is 4. The third kappa shape index (κ3) is 4.53. The molecule has 3 heterocycles. The van der Waals surface area contributed by atoms with Gasteiger partial charge in [0.2, 0.25) is 11.8 Å². The standard InChI is InChI=1S/C23H31N3O3/c27-21-16-20(23(29)26(21)17-18-8-4-3-5-9-18)24-14-10-19(11-15-24)22(28)25-12-6-1-2-7-13-25/h3-5,8-9,19-20H,1-2,6-7,10-17H2/p+1/t20-/m1/s1. The fraction of sp³-hybridized carbons (Fsp3) is 0.609. The average molecular weight is 399 g/mol. The monoisotopic (exact) mass is 398 g/mol. The molecular formula is C23H32N3O3+. The van der Waals surface area contributed by atoms with Crippen molar-refractivity contribution in [2.75, 3.05) is 26.2 Å². The van der Waals surface area contributed by atoms with Gasteiger partial charge in [0.05, 0.1) is 26.1 Å². The number of likely N-dealkylation sites (tertiary alicyclic amines) is 3. The molecule has 6 heteroatoms. The van der Waals surface area contributed by atoms with Crippen LogP contribution in [0.15, 0.2) is 30.3 Å². The zero-order valence-electron chi connectivity index (χ0n) is 17.1. The van der Waals surface area contributed by atoms with Gasteiger partial charge < -0.3 is 9.80 Å². The summed E-state index contributed by atoms with van der Waals surface area (Å²) < 4.78 is 0. The van der Waals surface area contributed by atoms with Gasteiger partial charge >= 0.3 is 0 Å². The maximum atomic E-state index is 12.9. The maximum Gasteiger partial charge on any atom is 0.288 e. The topological polar surface area (TPSA) is 62.1 Å². The number of nitrogens with zero attached hydrogens (tertiary/aromatic N) is 2. The third-order valence-electron chi connectivity index (χ3n) is 6.82. The van der Waals surface area contributed by atoms with Crippen molar-refractivity contribution in [2.24, 2.45) is 5.92 Å². The zero-order valence-corrected chi connectivity index (χ0v) is 17.1. The molecule has 3 fully saturated rings. The molecule has 1 N–H and O–H groups in total. The van der Waals surface area contributed by atoms with Crippen LogP contribution < -0.4 is 4.90 Å². The number of hydrogen-bond donors (Lipinski definition) is 1. The molecule has 0 aliphatic carbocycles. The van der Waals surface area contributed by atoms with Crippen LogP contribution in [0.1, 0.15) is 50.5 Å². The minimum atomic E-state index is -0.277. The van der Waals surface area contributed by atoms with Crippen molar-refractivity contribution in [3.63, 3.8) is 0 Å². The molecule has 3 saturated heterocycles. The van der Waals surface area contributed by atoms with Crippen molar-refractivity contribution in [2.45, 2.75) is 57.5 Å². The molecule has 0 bridgehead atoms. The number of nitrogens with one attached hydrogen (secondary N) is 1. The second kappa shape index (κ2) is 9.08. The molecule has 3 aliphatic rings. The number of hydrogen-bond acceptors (Lipinski definition) is 3. The predicted octanol–water partition coefficient (Wildman–Crippen LogP) is 1.01. The molecule has 1 aromatic rings. The van der Waals surface area contributed by atoms with Crippen molar-refractivity contribution >= 4 is 17.7 Å². The van der Waals surface area contributed by atoms with Crippen LogP contribution in [0.3, 0.4) is 0 Å². The number of imide groups is 1. The molecule has 156 valence electrons. The lowest BCUT2D eigenvalue weighted by molar-refractivity contribution is -0.920. The second-order valence-electron chi connectivity index (χ2n) is 8.73. The van der Waals surface area contributed by atoms with E-state index in [1.54, 1.807) is 0 Å². The Morgan fingerprint density at radius 1 is 0.966 bits per heavy atom. The second-order valence-corrected chi connectivity index (χ2v) is 8.73. The zero-order chi connectivity index (χ0) is 20.2. The van der Waals surface area contributed by atoms with Crippen LogP contribution in [-0.4, -0.2) is 59.7 Å². The molecule has 0 spiro atoms. The fourth-order valence-electron chi connectivity index (χ4n) is 5.07. The van der Waals surface area contributed by atoms with Crippen molar-refractivity contribution in [3.05, 3.63) is 35.9 Å². The number of piperidine rings is 1. The number of carbonyl (C=O) groups is 3. The summed E-state index contributed by atoms with van der Waals surface area (Å²) in [5.41, 5.74) is 0.978. The normalized spacial score (nSPS) is 28.5. The van der Waals surface area contributed by atoms with Crippen LogP contribution in [-0.2, 0) is 20.9 Å². The van der Waals surface area contributed by atoms with E-state index in [1.807, 2.05) is 30.3 Å². The van der Waals surface area contributed by atoms with E-state index in [1.165, 1.54) is 22.6 Å². The van der Waals surface area contributed by atoms with Crippen LogP contribution in [0.5, 0.6) is 0 Å². The highest BCUT2D eigenvalue weighted by molar-refractivity contribution is 6.04. The van der Waals surface area contributed by atoms with Gasteiger partial charge in [-0.1, -0.05) is 43.2 Å². The summed E-state index contributed by atoms with van der Waals surface area (Å²) in [7, 11) is 0. The van der Waals surface area contributed by atoms with E-state index >= 15 is 0 Å². The quantitative estimate of drug-likeness (QED) is 0.770. The Balaban J connectivity index is 1.32. The molecule has 1 atom stereocenters. The van der Waals surface area contributed by atoms with Gasteiger partial charge in [-0.3, -0.25) is 19.3 Å². The summed E-state index contributed by atoms with van der Waals surface area (Å²) in [6.45, 7) is 3.75. The summed E-state index contributed by atoms with van der Waals surface area (Å²) in [4.78, 5) is 43.0. The van der Waals surface area contributed by atoms with Crippen LogP contribution in [0, 0.1) is 5.92 Å². The highest BCUT2D eigenvalue weighted by Crippen LogP contribution is 2.20. The van der Waals surface area contributed by atoms with Crippen molar-refractivity contribution in [1.29, 1.82) is 0 Å². The van der Waals surface area contributed by atoms with E-state index in [4.69, 9.17) is 0 Å². The van der Waals surface area contributed by atoms with E-state index in [0.29, 0.717) is 18.9 Å². The third-order valence-corrected chi connectivity index (χ3v) is 6.82. The van der Waals surface area contributed by atoms with Gasteiger partial charge in [0.25, 0.3) is 5.91 Å². The Morgan fingerprint density at radius 3 is 2.28 bits per heavy atom. The van der Waals surface area contributed by atoms with E-state index in [-0.39, 0.29) is 23.8 Å². The summed E-state index contributed by atoms with van der Waals surface area (Å²) in [5, 5.41) is 0. The van der Waals surface area contributed by atoms with Gasteiger partial charge in [0.15, 0.2) is 6.04 Å². The molecule has 4 rings (SSSR count). The van der Waals surface area contributed by atoms with Gasteiger partial charge in [0, 0.05) is 31.8 Å². The molecule has 3 amide bonds. The Morgan fingerprint density at radius 2 is 1.62 bits per heavy atom. The first-order valence-electron chi connectivity index (χ1n) is 11.1. The number of amides is 3. The van der Waals surface area contributed by atoms with E-state index in [0.717, 1.165) is 57.4 Å². The van der Waals surface area contributed by atoms with Gasteiger partial charge in [0.1, 0.15) is 0 Å². The summed E-state index contributed by atoms with van der Waals surface area (Å²) in [6, 6.07) is 9.40. The first kappa shape index (κ1) is 20.1. The minimum Gasteiger partial charge on any atom is -0.342 e. The van der Waals surface area contributed by atoms with Crippen molar-refractivity contribution in [1.82, 2.24) is 9.80 Å². The SMILES string of the molecule is O=C(C1CC[NH+]([C@@H]2CC(=O)N(Cc3ccccc3)C2=O)CC1)N1CCCCCC1. The summed E-state index contributed by atoms with van der Waals surface area (Å²) in [6.07, 6.45) is 6.62. The highest BCUT2D eigenvalue weighted by atomic mass is 16.2. The highest BCUT2D eigenvalue weighted by Gasteiger charge is 2.46. The van der Waals surface area contributed by atoms with Gasteiger partial charge in [-0.15, -0.1) is 0 Å². The van der Waals surface area contributed by atoms with Crippen LogP contribution in [0.2, 0.25) is 0 Å². The molecule has 0 aromatic heterocycles. The van der Waals surface area contributed by atoms with E-state index in [2.05, 4.69) is 4.90 Å². The lowest BCUT2D eigenvalue weighted by Gasteiger charge is -2.33. The summed E-state index contributed by atoms with van der Waals surface area (Å²) >= 11 is 0. The molecular weight excluding hydrogens is 366 g/mol. The first-order chi connectivity index (χ1) is 14.1. The molecule has 29 heavy (non-hydrogen) atoms. The van der Waals surface area contributed by atoms with Crippen molar-refractivity contribution in [3.8, 4) is 0 Å². The van der Waals surface area contributed by atoms with E-state index < -0.39 is 0 Å². The Bertz CT molecular complexity index is 735. The van der Waals surface area contributed by atoms with Crippen LogP contribution in [0.4, 0.5) is 0 Å². The van der Waals surface area contributed by atoms with Crippen LogP contribution in [0.25, 0.3) is 0 Å². The molecule has 0 saturated carbocycles. The maximum absolute atomic E-state index is 12.9. The lowest BCUT2D eigenvalue weighted by atomic mass is 9.94. The molecule has 0 unspecified atom stereocenters. The summed E-state index contributed by atoms with van der Waals surface area (Å²) in [5.74, 6) is 0.278. The Labute approximate surface area is 172 Å².